The first kappa shape index (κ1) is 12.7. The fourth-order valence-corrected chi connectivity index (χ4v) is 2.12. The van der Waals surface area contributed by atoms with Gasteiger partial charge in [-0.15, -0.1) is 0 Å². The minimum atomic E-state index is -0.877. The lowest BCUT2D eigenvalue weighted by Gasteiger charge is -2.35. The van der Waals surface area contributed by atoms with Gasteiger partial charge in [0.25, 0.3) is 0 Å². The molecular weight excluding hydrogens is 234 g/mol. The number of carboxylic acids is 1. The molecule has 1 atom stereocenters. The molecule has 2 rings (SSSR count). The van der Waals surface area contributed by atoms with Gasteiger partial charge < -0.3 is 19.5 Å². The summed E-state index contributed by atoms with van der Waals surface area (Å²) in [5, 5.41) is 9.24. The van der Waals surface area contributed by atoms with E-state index in [-0.39, 0.29) is 6.61 Å². The maximum absolute atomic E-state index is 11.3. The topological polar surface area (TPSA) is 59.0 Å². The van der Waals surface area contributed by atoms with Gasteiger partial charge in [0.2, 0.25) is 0 Å². The Morgan fingerprint density at radius 3 is 3.00 bits per heavy atom. The number of methoxy groups -OCH3 is 1. The molecule has 1 aliphatic heterocycles. The molecule has 0 aliphatic carbocycles. The van der Waals surface area contributed by atoms with Crippen molar-refractivity contribution in [3.8, 4) is 5.75 Å². The van der Waals surface area contributed by atoms with Crippen molar-refractivity contribution in [2.45, 2.75) is 13.0 Å². The van der Waals surface area contributed by atoms with Crippen molar-refractivity contribution in [2.75, 3.05) is 31.8 Å². The summed E-state index contributed by atoms with van der Waals surface area (Å²) in [6.07, 6.45) is 0. The van der Waals surface area contributed by atoms with Crippen molar-refractivity contribution in [3.63, 3.8) is 0 Å². The van der Waals surface area contributed by atoms with Gasteiger partial charge in [-0.3, -0.25) is 0 Å². The number of carboxylic acid groups (broad SMARTS) is 1. The summed E-state index contributed by atoms with van der Waals surface area (Å²) in [7, 11) is 1.59. The summed E-state index contributed by atoms with van der Waals surface area (Å²) in [6, 6.07) is 5.09. The summed E-state index contributed by atoms with van der Waals surface area (Å²) >= 11 is 0. The molecule has 1 fully saturated rings. The van der Waals surface area contributed by atoms with Crippen LogP contribution in [-0.4, -0.2) is 44.0 Å². The van der Waals surface area contributed by atoms with E-state index in [0.29, 0.717) is 18.9 Å². The number of morpholine rings is 1. The van der Waals surface area contributed by atoms with Gasteiger partial charge in [0.05, 0.1) is 26.0 Å². The largest absolute Gasteiger partial charge is 0.495 e. The molecule has 1 N–H and O–H groups in total. The predicted molar refractivity (Wildman–Crippen MR) is 67.3 cm³/mol. The molecule has 1 aromatic carbocycles. The van der Waals surface area contributed by atoms with E-state index in [0.717, 1.165) is 11.3 Å². The van der Waals surface area contributed by atoms with Gasteiger partial charge in [0.15, 0.2) is 6.04 Å². The third kappa shape index (κ3) is 2.41. The Labute approximate surface area is 106 Å². The minimum absolute atomic E-state index is 0.201. The molecule has 0 saturated carbocycles. The average Bonchev–Trinajstić information content (AvgIpc) is 2.38. The number of nitrogens with zero attached hydrogens (tertiary/aromatic N) is 1. The molecule has 0 bridgehead atoms. The molecule has 1 aliphatic rings. The van der Waals surface area contributed by atoms with Gasteiger partial charge >= 0.3 is 5.97 Å². The van der Waals surface area contributed by atoms with E-state index < -0.39 is 12.0 Å². The first-order valence-electron chi connectivity index (χ1n) is 5.85. The number of anilines is 1. The fourth-order valence-electron chi connectivity index (χ4n) is 2.12. The first-order chi connectivity index (χ1) is 8.63. The third-order valence-corrected chi connectivity index (χ3v) is 3.06. The number of hydrogen-bond acceptors (Lipinski definition) is 4. The molecule has 98 valence electrons. The highest BCUT2D eigenvalue weighted by Crippen LogP contribution is 2.31. The zero-order chi connectivity index (χ0) is 13.1. The quantitative estimate of drug-likeness (QED) is 0.877. The molecule has 18 heavy (non-hydrogen) atoms. The van der Waals surface area contributed by atoms with Crippen LogP contribution >= 0.6 is 0 Å². The molecule has 0 aromatic heterocycles. The van der Waals surface area contributed by atoms with Crippen molar-refractivity contribution in [3.05, 3.63) is 23.8 Å². The maximum Gasteiger partial charge on any atom is 0.328 e. The van der Waals surface area contributed by atoms with Crippen molar-refractivity contribution < 1.29 is 19.4 Å². The zero-order valence-corrected chi connectivity index (χ0v) is 10.5. The monoisotopic (exact) mass is 251 g/mol. The zero-order valence-electron chi connectivity index (χ0n) is 10.5. The van der Waals surface area contributed by atoms with Gasteiger partial charge in [0.1, 0.15) is 5.75 Å². The van der Waals surface area contributed by atoms with E-state index in [4.69, 9.17) is 9.47 Å². The lowest BCUT2D eigenvalue weighted by molar-refractivity contribution is -0.141. The van der Waals surface area contributed by atoms with Crippen LogP contribution in [0.5, 0.6) is 5.75 Å². The van der Waals surface area contributed by atoms with Crippen LogP contribution in [0.25, 0.3) is 0 Å². The van der Waals surface area contributed by atoms with Crippen LogP contribution in [0.4, 0.5) is 5.69 Å². The summed E-state index contributed by atoms with van der Waals surface area (Å²) in [6.45, 7) is 3.25. The van der Waals surface area contributed by atoms with Gasteiger partial charge in [-0.25, -0.2) is 4.79 Å². The number of carbonyl (C=O) groups is 1. The van der Waals surface area contributed by atoms with Crippen molar-refractivity contribution in [1.29, 1.82) is 0 Å². The van der Waals surface area contributed by atoms with Crippen LogP contribution in [0.3, 0.4) is 0 Å². The molecule has 1 saturated heterocycles. The summed E-state index contributed by atoms with van der Waals surface area (Å²) in [4.78, 5) is 13.1. The molecule has 5 heteroatoms. The number of aliphatic carboxylic acids is 1. The Morgan fingerprint density at radius 2 is 2.33 bits per heavy atom. The Balaban J connectivity index is 2.38. The minimum Gasteiger partial charge on any atom is -0.495 e. The second kappa shape index (κ2) is 5.27. The standard InChI is InChI=1S/C13H17NO4/c1-9-3-4-12(17-2)10(7-9)14-5-6-18-8-11(14)13(15)16/h3-4,7,11H,5-6,8H2,1-2H3,(H,15,16). The van der Waals surface area contributed by atoms with E-state index in [1.54, 1.807) is 7.11 Å². The van der Waals surface area contributed by atoms with Crippen LogP contribution in [0.2, 0.25) is 0 Å². The molecular formula is C13H17NO4. The van der Waals surface area contributed by atoms with Crippen molar-refractivity contribution in [2.24, 2.45) is 0 Å². The molecule has 0 spiro atoms. The number of benzene rings is 1. The lowest BCUT2D eigenvalue weighted by Crippen LogP contribution is -2.50. The third-order valence-electron chi connectivity index (χ3n) is 3.06. The Bertz CT molecular complexity index is 447. The average molecular weight is 251 g/mol. The molecule has 1 aromatic rings. The van der Waals surface area contributed by atoms with Crippen LogP contribution in [0.1, 0.15) is 5.56 Å². The number of rotatable bonds is 3. The summed E-state index contributed by atoms with van der Waals surface area (Å²) in [5.74, 6) is -0.188. The number of hydrogen-bond donors (Lipinski definition) is 1. The SMILES string of the molecule is COc1ccc(C)cc1N1CCOCC1C(=O)O. The Morgan fingerprint density at radius 1 is 1.56 bits per heavy atom. The molecule has 1 unspecified atom stereocenters. The highest BCUT2D eigenvalue weighted by Gasteiger charge is 2.30. The van der Waals surface area contributed by atoms with Crippen molar-refractivity contribution >= 4 is 11.7 Å². The van der Waals surface area contributed by atoms with Crippen molar-refractivity contribution in [1.82, 2.24) is 0 Å². The molecule has 0 amide bonds. The first-order valence-corrected chi connectivity index (χ1v) is 5.85. The smallest absolute Gasteiger partial charge is 0.328 e. The van der Waals surface area contributed by atoms with Gasteiger partial charge in [-0.1, -0.05) is 6.07 Å². The van der Waals surface area contributed by atoms with Crippen LogP contribution in [0.15, 0.2) is 18.2 Å². The van der Waals surface area contributed by atoms with Crippen LogP contribution < -0.4 is 9.64 Å². The van der Waals surface area contributed by atoms with Crippen LogP contribution in [0, 0.1) is 6.92 Å². The summed E-state index contributed by atoms with van der Waals surface area (Å²) in [5.41, 5.74) is 1.88. The second-order valence-corrected chi connectivity index (χ2v) is 4.30. The maximum atomic E-state index is 11.3. The van der Waals surface area contributed by atoms with Gasteiger partial charge in [0, 0.05) is 6.54 Å². The normalized spacial score (nSPS) is 19.7. The van der Waals surface area contributed by atoms with E-state index in [9.17, 15) is 9.90 Å². The van der Waals surface area contributed by atoms with E-state index in [2.05, 4.69) is 0 Å². The Hall–Kier alpha value is -1.75. The summed E-state index contributed by atoms with van der Waals surface area (Å²) < 4.78 is 10.5. The molecule has 5 nitrogen and oxygen atoms in total. The lowest BCUT2D eigenvalue weighted by atomic mass is 10.1. The van der Waals surface area contributed by atoms with E-state index in [1.807, 2.05) is 30.0 Å². The Kier molecular flexibility index (Phi) is 3.72. The molecule has 0 radical (unpaired) electrons. The van der Waals surface area contributed by atoms with E-state index in [1.165, 1.54) is 0 Å². The molecule has 1 heterocycles. The van der Waals surface area contributed by atoms with E-state index >= 15 is 0 Å². The highest BCUT2D eigenvalue weighted by atomic mass is 16.5. The van der Waals surface area contributed by atoms with Gasteiger partial charge in [-0.05, 0) is 24.6 Å². The van der Waals surface area contributed by atoms with Gasteiger partial charge in [-0.2, -0.15) is 0 Å². The van der Waals surface area contributed by atoms with Crippen LogP contribution in [-0.2, 0) is 9.53 Å². The highest BCUT2D eigenvalue weighted by molar-refractivity contribution is 5.80. The number of aryl methyl sites for hydroxylation is 1. The predicted octanol–water partition coefficient (Wildman–Crippen LogP) is 1.29. The second-order valence-electron chi connectivity index (χ2n) is 4.30. The fraction of sp³-hybridized carbons (Fsp3) is 0.462. The number of ether oxygens (including phenoxy) is 2.